The summed E-state index contributed by atoms with van der Waals surface area (Å²) < 4.78 is 0. The second kappa shape index (κ2) is 6.70. The summed E-state index contributed by atoms with van der Waals surface area (Å²) in [6.45, 7) is 3.81. The number of hydrogen-bond acceptors (Lipinski definition) is 3. The topological polar surface area (TPSA) is 49.5 Å². The van der Waals surface area contributed by atoms with Gasteiger partial charge in [0.15, 0.2) is 0 Å². The Balaban J connectivity index is 1.81. The van der Waals surface area contributed by atoms with Crippen molar-refractivity contribution < 1.29 is 5.11 Å². The van der Waals surface area contributed by atoms with Crippen molar-refractivity contribution in [3.05, 3.63) is 35.4 Å². The van der Waals surface area contributed by atoms with Crippen LogP contribution in [0.5, 0.6) is 0 Å². The molecule has 1 aliphatic rings. The molecule has 1 aromatic carbocycles. The molecule has 3 nitrogen and oxygen atoms in total. The van der Waals surface area contributed by atoms with E-state index in [9.17, 15) is 5.11 Å². The standard InChI is InChI=1S/C17H28N2O/c1-14-7-3-4-8-15(14)16(18)9-12-19(2)13-17(20)10-5-6-11-17/h3-4,7-8,16,20H,5-6,9-13,18H2,1-2H3. The maximum absolute atomic E-state index is 10.4. The zero-order valence-corrected chi connectivity index (χ0v) is 12.8. The Hall–Kier alpha value is -0.900. The lowest BCUT2D eigenvalue weighted by Gasteiger charge is -2.29. The number of hydrogen-bond donors (Lipinski definition) is 2. The van der Waals surface area contributed by atoms with Crippen molar-refractivity contribution in [3.8, 4) is 0 Å². The molecule has 0 bridgehead atoms. The van der Waals surface area contributed by atoms with Crippen LogP contribution < -0.4 is 5.73 Å². The summed E-state index contributed by atoms with van der Waals surface area (Å²) in [5, 5.41) is 10.4. The summed E-state index contributed by atoms with van der Waals surface area (Å²) in [5.74, 6) is 0. The minimum Gasteiger partial charge on any atom is -0.389 e. The van der Waals surface area contributed by atoms with Crippen LogP contribution in [0.15, 0.2) is 24.3 Å². The van der Waals surface area contributed by atoms with Crippen LogP contribution >= 0.6 is 0 Å². The van der Waals surface area contributed by atoms with E-state index in [1.54, 1.807) is 0 Å². The van der Waals surface area contributed by atoms with Crippen LogP contribution in [0.25, 0.3) is 0 Å². The molecule has 20 heavy (non-hydrogen) atoms. The van der Waals surface area contributed by atoms with Gasteiger partial charge in [0, 0.05) is 12.6 Å². The van der Waals surface area contributed by atoms with Crippen molar-refractivity contribution in [1.82, 2.24) is 4.90 Å². The van der Waals surface area contributed by atoms with Crippen LogP contribution in [0.4, 0.5) is 0 Å². The van der Waals surface area contributed by atoms with E-state index >= 15 is 0 Å². The summed E-state index contributed by atoms with van der Waals surface area (Å²) in [7, 11) is 2.08. The second-order valence-electron chi connectivity index (χ2n) is 6.42. The minimum atomic E-state index is -0.457. The molecule has 1 aliphatic carbocycles. The number of nitrogens with two attached hydrogens (primary N) is 1. The summed E-state index contributed by atoms with van der Waals surface area (Å²) in [4.78, 5) is 2.23. The number of likely N-dealkylation sites (N-methyl/N-ethyl adjacent to an activating group) is 1. The van der Waals surface area contributed by atoms with Crippen molar-refractivity contribution in [2.24, 2.45) is 5.73 Å². The van der Waals surface area contributed by atoms with E-state index in [1.807, 2.05) is 12.1 Å². The smallest absolute Gasteiger partial charge is 0.0774 e. The molecular weight excluding hydrogens is 248 g/mol. The average Bonchev–Trinajstić information content (AvgIpc) is 2.83. The zero-order chi connectivity index (χ0) is 14.6. The first-order valence-electron chi connectivity index (χ1n) is 7.72. The minimum absolute atomic E-state index is 0.0804. The van der Waals surface area contributed by atoms with Crippen molar-refractivity contribution >= 4 is 0 Å². The Morgan fingerprint density at radius 2 is 1.95 bits per heavy atom. The van der Waals surface area contributed by atoms with E-state index in [0.29, 0.717) is 0 Å². The third-order valence-corrected chi connectivity index (χ3v) is 4.51. The van der Waals surface area contributed by atoms with Gasteiger partial charge in [-0.15, -0.1) is 0 Å². The number of benzene rings is 1. The van der Waals surface area contributed by atoms with Gasteiger partial charge in [0.2, 0.25) is 0 Å². The van der Waals surface area contributed by atoms with E-state index in [1.165, 1.54) is 11.1 Å². The van der Waals surface area contributed by atoms with Gasteiger partial charge in [-0.3, -0.25) is 0 Å². The first-order valence-corrected chi connectivity index (χ1v) is 7.72. The Kier molecular flexibility index (Phi) is 5.19. The molecule has 0 amide bonds. The van der Waals surface area contributed by atoms with E-state index in [0.717, 1.165) is 45.2 Å². The number of rotatable bonds is 6. The zero-order valence-electron chi connectivity index (χ0n) is 12.8. The molecule has 0 saturated heterocycles. The monoisotopic (exact) mass is 276 g/mol. The van der Waals surface area contributed by atoms with Gasteiger partial charge in [-0.25, -0.2) is 0 Å². The van der Waals surface area contributed by atoms with Gasteiger partial charge in [0.25, 0.3) is 0 Å². The molecule has 3 N–H and O–H groups in total. The SMILES string of the molecule is Cc1ccccc1C(N)CCN(C)CC1(O)CCCC1. The van der Waals surface area contributed by atoms with Gasteiger partial charge in [0.05, 0.1) is 5.60 Å². The van der Waals surface area contributed by atoms with Crippen LogP contribution in [0.2, 0.25) is 0 Å². The van der Waals surface area contributed by atoms with Gasteiger partial charge in [-0.1, -0.05) is 37.1 Å². The molecule has 1 saturated carbocycles. The van der Waals surface area contributed by atoms with E-state index < -0.39 is 5.60 Å². The third-order valence-electron chi connectivity index (χ3n) is 4.51. The van der Waals surface area contributed by atoms with Gasteiger partial charge in [-0.05, 0) is 50.9 Å². The highest BCUT2D eigenvalue weighted by molar-refractivity contribution is 5.28. The normalized spacial score (nSPS) is 19.4. The molecule has 0 aliphatic heterocycles. The van der Waals surface area contributed by atoms with Crippen molar-refractivity contribution in [3.63, 3.8) is 0 Å². The predicted octanol–water partition coefficient (Wildman–Crippen LogP) is 2.62. The van der Waals surface area contributed by atoms with Crippen LogP contribution in [0.1, 0.15) is 49.3 Å². The summed E-state index contributed by atoms with van der Waals surface area (Å²) in [6.07, 6.45) is 5.14. The summed E-state index contributed by atoms with van der Waals surface area (Å²) in [5.41, 5.74) is 8.34. The molecule has 1 fully saturated rings. The van der Waals surface area contributed by atoms with Crippen molar-refractivity contribution in [1.29, 1.82) is 0 Å². The molecule has 2 rings (SSSR count). The highest BCUT2D eigenvalue weighted by atomic mass is 16.3. The molecule has 0 radical (unpaired) electrons. The molecular formula is C17H28N2O. The van der Waals surface area contributed by atoms with E-state index in [4.69, 9.17) is 5.73 Å². The number of aliphatic hydroxyl groups is 1. The second-order valence-corrected chi connectivity index (χ2v) is 6.42. The van der Waals surface area contributed by atoms with E-state index in [-0.39, 0.29) is 6.04 Å². The largest absolute Gasteiger partial charge is 0.389 e. The number of nitrogens with zero attached hydrogens (tertiary/aromatic N) is 1. The predicted molar refractivity (Wildman–Crippen MR) is 83.6 cm³/mol. The molecule has 1 aromatic rings. The van der Waals surface area contributed by atoms with Crippen LogP contribution in [0, 0.1) is 6.92 Å². The van der Waals surface area contributed by atoms with Gasteiger partial charge in [0.1, 0.15) is 0 Å². The molecule has 1 unspecified atom stereocenters. The molecule has 1 atom stereocenters. The lowest BCUT2D eigenvalue weighted by Crippen LogP contribution is -2.40. The van der Waals surface area contributed by atoms with Crippen LogP contribution in [-0.2, 0) is 0 Å². The fourth-order valence-corrected chi connectivity index (χ4v) is 3.29. The van der Waals surface area contributed by atoms with Crippen molar-refractivity contribution in [2.45, 2.75) is 50.7 Å². The lowest BCUT2D eigenvalue weighted by atomic mass is 9.98. The molecule has 112 valence electrons. The Bertz CT molecular complexity index is 427. The molecule has 0 aromatic heterocycles. The van der Waals surface area contributed by atoms with Crippen LogP contribution in [0.3, 0.4) is 0 Å². The van der Waals surface area contributed by atoms with Gasteiger partial charge < -0.3 is 15.7 Å². The fourth-order valence-electron chi connectivity index (χ4n) is 3.29. The molecule has 3 heteroatoms. The highest BCUT2D eigenvalue weighted by Gasteiger charge is 2.32. The first kappa shape index (κ1) is 15.5. The fraction of sp³-hybridized carbons (Fsp3) is 0.647. The van der Waals surface area contributed by atoms with E-state index in [2.05, 4.69) is 31.0 Å². The average molecular weight is 276 g/mol. The first-order chi connectivity index (χ1) is 9.50. The Morgan fingerprint density at radius 3 is 2.60 bits per heavy atom. The lowest BCUT2D eigenvalue weighted by molar-refractivity contribution is 0.0158. The third kappa shape index (κ3) is 4.05. The number of aryl methyl sites for hydroxylation is 1. The van der Waals surface area contributed by atoms with Gasteiger partial charge >= 0.3 is 0 Å². The maximum Gasteiger partial charge on any atom is 0.0774 e. The summed E-state index contributed by atoms with van der Waals surface area (Å²) >= 11 is 0. The van der Waals surface area contributed by atoms with Crippen LogP contribution in [-0.4, -0.2) is 35.7 Å². The Labute approximate surface area is 122 Å². The maximum atomic E-state index is 10.4. The quantitative estimate of drug-likeness (QED) is 0.839. The van der Waals surface area contributed by atoms with Crippen molar-refractivity contribution in [2.75, 3.05) is 20.1 Å². The summed E-state index contributed by atoms with van der Waals surface area (Å²) in [6, 6.07) is 8.40. The molecule has 0 heterocycles. The Morgan fingerprint density at radius 1 is 1.30 bits per heavy atom. The van der Waals surface area contributed by atoms with Gasteiger partial charge in [-0.2, -0.15) is 0 Å². The highest BCUT2D eigenvalue weighted by Crippen LogP contribution is 2.30. The molecule has 0 spiro atoms.